The lowest BCUT2D eigenvalue weighted by Crippen LogP contribution is -2.39. The second-order valence-electron chi connectivity index (χ2n) is 5.62. The number of hydrogen-bond donors (Lipinski definition) is 0. The molecule has 0 saturated heterocycles. The van der Waals surface area contributed by atoms with Crippen molar-refractivity contribution in [2.75, 3.05) is 13.2 Å². The summed E-state index contributed by atoms with van der Waals surface area (Å²) in [6.07, 6.45) is 4.05. The maximum atomic E-state index is 12.6. The normalized spacial score (nSPS) is 27.6. The predicted octanol–water partition coefficient (Wildman–Crippen LogP) is 1.73. The summed E-state index contributed by atoms with van der Waals surface area (Å²) in [6, 6.07) is 0. The summed E-state index contributed by atoms with van der Waals surface area (Å²) in [4.78, 5) is 36.4. The van der Waals surface area contributed by atoms with E-state index in [9.17, 15) is 14.4 Å². The third-order valence-corrected chi connectivity index (χ3v) is 4.43. The van der Waals surface area contributed by atoms with Gasteiger partial charge in [-0.25, -0.2) is 0 Å². The molecule has 0 N–H and O–H groups in total. The van der Waals surface area contributed by atoms with E-state index in [1.807, 2.05) is 0 Å². The number of rotatable bonds is 6. The van der Waals surface area contributed by atoms with Crippen molar-refractivity contribution in [3.63, 3.8) is 0 Å². The zero-order valence-electron chi connectivity index (χ0n) is 12.1. The van der Waals surface area contributed by atoms with Gasteiger partial charge in [-0.05, 0) is 44.9 Å². The minimum Gasteiger partial charge on any atom is -0.465 e. The Bertz CT molecular complexity index is 385. The van der Waals surface area contributed by atoms with Crippen LogP contribution in [0.1, 0.15) is 39.5 Å². The molecule has 112 valence electrons. The predicted molar refractivity (Wildman–Crippen MR) is 70.7 cm³/mol. The fraction of sp³-hybridized carbons (Fsp3) is 0.800. The van der Waals surface area contributed by atoms with Crippen LogP contribution >= 0.6 is 0 Å². The van der Waals surface area contributed by atoms with Gasteiger partial charge in [0.25, 0.3) is 0 Å². The first-order valence-corrected chi connectivity index (χ1v) is 7.45. The molecule has 0 spiro atoms. The van der Waals surface area contributed by atoms with E-state index in [0.717, 1.165) is 25.7 Å². The summed E-state index contributed by atoms with van der Waals surface area (Å²) >= 11 is 0. The molecule has 0 aliphatic heterocycles. The molecule has 0 amide bonds. The Morgan fingerprint density at radius 2 is 1.60 bits per heavy atom. The van der Waals surface area contributed by atoms with Crippen molar-refractivity contribution in [1.82, 2.24) is 0 Å². The van der Waals surface area contributed by atoms with Gasteiger partial charge in [0, 0.05) is 5.92 Å². The lowest BCUT2D eigenvalue weighted by molar-refractivity contribution is -0.165. The number of esters is 2. The molecule has 0 aromatic rings. The van der Waals surface area contributed by atoms with Crippen LogP contribution < -0.4 is 0 Å². The minimum absolute atomic E-state index is 0.152. The van der Waals surface area contributed by atoms with Gasteiger partial charge in [0.2, 0.25) is 5.92 Å². The third-order valence-electron chi connectivity index (χ3n) is 4.43. The van der Waals surface area contributed by atoms with Crippen LogP contribution in [-0.2, 0) is 23.9 Å². The topological polar surface area (TPSA) is 69.7 Å². The fourth-order valence-electron chi connectivity index (χ4n) is 3.59. The lowest BCUT2D eigenvalue weighted by Gasteiger charge is -2.23. The molecule has 3 atom stereocenters. The van der Waals surface area contributed by atoms with E-state index < -0.39 is 17.9 Å². The first-order chi connectivity index (χ1) is 9.58. The quantitative estimate of drug-likeness (QED) is 0.548. The van der Waals surface area contributed by atoms with Crippen LogP contribution in [0.3, 0.4) is 0 Å². The molecule has 0 radical (unpaired) electrons. The smallest absolute Gasteiger partial charge is 0.328 e. The Kier molecular flexibility index (Phi) is 4.78. The minimum atomic E-state index is -1.39. The lowest BCUT2D eigenvalue weighted by atomic mass is 9.81. The maximum Gasteiger partial charge on any atom is 0.328 e. The Labute approximate surface area is 119 Å². The molecule has 3 unspecified atom stereocenters. The highest BCUT2D eigenvalue weighted by Gasteiger charge is 2.49. The van der Waals surface area contributed by atoms with Crippen LogP contribution in [0, 0.1) is 23.7 Å². The summed E-state index contributed by atoms with van der Waals surface area (Å²) < 4.78 is 9.74. The van der Waals surface area contributed by atoms with Gasteiger partial charge in [-0.3, -0.25) is 14.4 Å². The van der Waals surface area contributed by atoms with Gasteiger partial charge in [-0.2, -0.15) is 0 Å². The zero-order valence-corrected chi connectivity index (χ0v) is 12.1. The second kappa shape index (κ2) is 6.37. The highest BCUT2D eigenvalue weighted by molar-refractivity contribution is 6.15. The molecule has 2 bridgehead atoms. The number of carbonyl (C=O) groups is 3. The monoisotopic (exact) mass is 282 g/mol. The van der Waals surface area contributed by atoms with Crippen LogP contribution in [0.25, 0.3) is 0 Å². The second-order valence-corrected chi connectivity index (χ2v) is 5.62. The molecule has 0 aromatic heterocycles. The molecule has 2 aliphatic carbocycles. The van der Waals surface area contributed by atoms with Gasteiger partial charge < -0.3 is 9.47 Å². The molecule has 2 rings (SSSR count). The van der Waals surface area contributed by atoms with Crippen molar-refractivity contribution < 1.29 is 23.9 Å². The van der Waals surface area contributed by atoms with Crippen molar-refractivity contribution in [3.05, 3.63) is 0 Å². The van der Waals surface area contributed by atoms with Gasteiger partial charge in [0.1, 0.15) is 0 Å². The highest BCUT2D eigenvalue weighted by atomic mass is 16.6. The first kappa shape index (κ1) is 15.0. The summed E-state index contributed by atoms with van der Waals surface area (Å²) in [7, 11) is 0. The molecule has 20 heavy (non-hydrogen) atoms. The highest BCUT2D eigenvalue weighted by Crippen LogP contribution is 2.49. The molecule has 0 heterocycles. The molecule has 5 nitrogen and oxygen atoms in total. The van der Waals surface area contributed by atoms with Crippen LogP contribution in [0.5, 0.6) is 0 Å². The third kappa shape index (κ3) is 2.86. The maximum absolute atomic E-state index is 12.6. The van der Waals surface area contributed by atoms with E-state index in [-0.39, 0.29) is 24.9 Å². The number of hydrogen-bond acceptors (Lipinski definition) is 5. The summed E-state index contributed by atoms with van der Waals surface area (Å²) in [6.45, 7) is 3.61. The average molecular weight is 282 g/mol. The Balaban J connectivity index is 2.11. The van der Waals surface area contributed by atoms with Crippen molar-refractivity contribution in [3.8, 4) is 0 Å². The standard InChI is InChI=1S/C15H22O5/c1-3-19-14(17)12(15(18)20-4-2)13(16)11-8-9-5-6-10(11)7-9/h9-12H,3-8H2,1-2H3. The molecular weight excluding hydrogens is 260 g/mol. The number of ketones is 1. The number of carbonyl (C=O) groups excluding carboxylic acids is 3. The van der Waals surface area contributed by atoms with Crippen LogP contribution in [0.15, 0.2) is 0 Å². The van der Waals surface area contributed by atoms with E-state index in [1.165, 1.54) is 0 Å². The van der Waals surface area contributed by atoms with Gasteiger partial charge in [0.05, 0.1) is 13.2 Å². The molecular formula is C15H22O5. The largest absolute Gasteiger partial charge is 0.465 e. The Morgan fingerprint density at radius 3 is 2.00 bits per heavy atom. The summed E-state index contributed by atoms with van der Waals surface area (Å²) in [5, 5.41) is 0. The molecule has 2 saturated carbocycles. The molecule has 2 aliphatic rings. The average Bonchev–Trinajstić information content (AvgIpc) is 3.01. The van der Waals surface area contributed by atoms with Gasteiger partial charge in [0.15, 0.2) is 5.78 Å². The summed E-state index contributed by atoms with van der Waals surface area (Å²) in [5.41, 5.74) is 0. The van der Waals surface area contributed by atoms with E-state index >= 15 is 0 Å². The van der Waals surface area contributed by atoms with Crippen LogP contribution in [0.2, 0.25) is 0 Å². The van der Waals surface area contributed by atoms with Crippen LogP contribution in [-0.4, -0.2) is 30.9 Å². The van der Waals surface area contributed by atoms with Crippen molar-refractivity contribution >= 4 is 17.7 Å². The molecule has 0 aromatic carbocycles. The first-order valence-electron chi connectivity index (χ1n) is 7.45. The van der Waals surface area contributed by atoms with Crippen molar-refractivity contribution in [2.24, 2.45) is 23.7 Å². The van der Waals surface area contributed by atoms with Crippen molar-refractivity contribution in [2.45, 2.75) is 39.5 Å². The van der Waals surface area contributed by atoms with Gasteiger partial charge >= 0.3 is 11.9 Å². The van der Waals surface area contributed by atoms with Crippen molar-refractivity contribution in [1.29, 1.82) is 0 Å². The number of Topliss-reactive ketones (excluding diaryl/α,β-unsaturated/α-hetero) is 1. The fourth-order valence-corrected chi connectivity index (χ4v) is 3.59. The van der Waals surface area contributed by atoms with E-state index in [4.69, 9.17) is 9.47 Å². The number of ether oxygens (including phenoxy) is 2. The summed E-state index contributed by atoms with van der Waals surface area (Å²) in [5.74, 6) is -2.48. The zero-order chi connectivity index (χ0) is 14.7. The van der Waals surface area contributed by atoms with E-state index in [1.54, 1.807) is 13.8 Å². The molecule has 2 fully saturated rings. The van der Waals surface area contributed by atoms with Crippen LogP contribution in [0.4, 0.5) is 0 Å². The number of fused-ring (bicyclic) bond motifs is 2. The SMILES string of the molecule is CCOC(=O)C(C(=O)OCC)C(=O)C1CC2CCC1C2. The van der Waals surface area contributed by atoms with Gasteiger partial charge in [-0.15, -0.1) is 0 Å². The van der Waals surface area contributed by atoms with E-state index in [0.29, 0.717) is 11.8 Å². The van der Waals surface area contributed by atoms with Gasteiger partial charge in [-0.1, -0.05) is 6.42 Å². The Hall–Kier alpha value is -1.39. The Morgan fingerprint density at radius 1 is 1.00 bits per heavy atom. The van der Waals surface area contributed by atoms with E-state index in [2.05, 4.69) is 0 Å². The molecule has 5 heteroatoms.